The first-order valence-corrected chi connectivity index (χ1v) is 2.50. The Morgan fingerprint density at radius 2 is 1.50 bits per heavy atom. The van der Waals surface area contributed by atoms with Gasteiger partial charge in [-0.1, -0.05) is 0 Å². The molecule has 0 saturated carbocycles. The standard InChI is InChI=1S/2CO.H3P.Rh.H/c2*1-2;;;/h;;1H3;;. The summed E-state index contributed by atoms with van der Waals surface area (Å²) in [6.07, 6.45) is 0. The third kappa shape index (κ3) is 8.88. The first-order chi connectivity index (χ1) is 2.41. The van der Waals surface area contributed by atoms with Gasteiger partial charge in [-0.05, 0) is 0 Å². The van der Waals surface area contributed by atoms with Gasteiger partial charge in [0.25, 0.3) is 0 Å². The molecule has 1 atom stereocenters. The van der Waals surface area contributed by atoms with E-state index < -0.39 is 16.2 Å². The molecule has 4 heteroatoms. The van der Waals surface area contributed by atoms with Crippen molar-refractivity contribution in [3.05, 3.63) is 0 Å². The van der Waals surface area contributed by atoms with Gasteiger partial charge in [0.2, 0.25) is 0 Å². The van der Waals surface area contributed by atoms with Crippen molar-refractivity contribution in [2.75, 3.05) is 0 Å². The first-order valence-electron chi connectivity index (χ1n) is 0.762. The maximum atomic E-state index is 9.06. The molecule has 0 bridgehead atoms. The normalized spacial score (nSPS) is 4.67. The molecule has 0 aliphatic heterocycles. The monoisotopic (exact) mass is 194 g/mol. The molecule has 2 nitrogen and oxygen atoms in total. The van der Waals surface area contributed by atoms with Crippen LogP contribution in [0.4, 0.5) is 0 Å². The second-order valence-corrected chi connectivity index (χ2v) is 1.38. The Morgan fingerprint density at radius 3 is 1.50 bits per heavy atom. The van der Waals surface area contributed by atoms with E-state index in [1.807, 2.05) is 0 Å². The number of rotatable bonds is 0. The van der Waals surface area contributed by atoms with Gasteiger partial charge in [-0.2, -0.15) is 9.90 Å². The van der Waals surface area contributed by atoms with Crippen LogP contribution in [0.3, 0.4) is 0 Å². The van der Waals surface area contributed by atoms with E-state index in [1.54, 1.807) is 0 Å². The quantitative estimate of drug-likeness (QED) is 0.366. The molecular weight excluding hydrogens is 190 g/mol. The van der Waals surface area contributed by atoms with Crippen LogP contribution in [0.15, 0.2) is 0 Å². The van der Waals surface area contributed by atoms with Crippen LogP contribution in [0.1, 0.15) is 0 Å². The van der Waals surface area contributed by atoms with E-state index in [2.05, 4.69) is 0 Å². The molecule has 6 heavy (non-hydrogen) atoms. The number of hydrogen-bond acceptors (Lipinski definition) is 2. The van der Waals surface area contributed by atoms with Crippen molar-refractivity contribution in [1.82, 2.24) is 0 Å². The van der Waals surface area contributed by atoms with Crippen LogP contribution in [0.25, 0.3) is 0 Å². The van der Waals surface area contributed by atoms with Crippen LogP contribution < -0.4 is 0 Å². The number of hydrogen-bond donors (Lipinski definition) is 0. The molecule has 0 aromatic rings. The molecule has 0 aliphatic carbocycles. The first kappa shape index (κ1) is 9.51. The van der Waals surface area contributed by atoms with Crippen LogP contribution in [0, 0.1) is 0 Å². The van der Waals surface area contributed by atoms with E-state index in [0.717, 1.165) is 0 Å². The minimum absolute atomic E-state index is 0. The second-order valence-electron chi connectivity index (χ2n) is 0.233. The second kappa shape index (κ2) is 8.96. The van der Waals surface area contributed by atoms with E-state index in [4.69, 9.17) is 9.59 Å². The molecular formula is C2H4O2PRh. The van der Waals surface area contributed by atoms with Gasteiger partial charge in [-0.3, -0.25) is 0 Å². The summed E-state index contributed by atoms with van der Waals surface area (Å²) >= 11 is -0.842. The van der Waals surface area contributed by atoms with Crippen LogP contribution >= 0.6 is 9.90 Å². The predicted octanol–water partition coefficient (Wildman–Crippen LogP) is -1.01. The fraction of sp³-hybridized carbons (Fsp3) is 0. The smallest absolute Gasteiger partial charge is 0.153 e. The van der Waals surface area contributed by atoms with Crippen molar-refractivity contribution in [2.24, 2.45) is 0 Å². The molecule has 0 saturated heterocycles. The molecule has 0 rings (SSSR count). The molecule has 0 N–H and O–H groups in total. The average molecular weight is 194 g/mol. The van der Waals surface area contributed by atoms with Crippen LogP contribution in [0.2, 0.25) is 0 Å². The van der Waals surface area contributed by atoms with Crippen LogP contribution in [0.5, 0.6) is 0 Å². The van der Waals surface area contributed by atoms with Gasteiger partial charge >= 0.3 is 34.8 Å². The zero-order valence-electron chi connectivity index (χ0n) is 2.88. The van der Waals surface area contributed by atoms with Gasteiger partial charge in [-0.15, -0.1) is 0 Å². The third-order valence-corrected chi connectivity index (χ3v) is 0.427. The zero-order valence-corrected chi connectivity index (χ0v) is 6.03. The maximum absolute atomic E-state index is 9.06. The minimum atomic E-state index is -0.842. The van der Waals surface area contributed by atoms with Gasteiger partial charge in [0.15, 0.2) is 0 Å². The van der Waals surface area contributed by atoms with Gasteiger partial charge in [-0.25, -0.2) is 0 Å². The van der Waals surface area contributed by atoms with Crippen LogP contribution in [-0.4, -0.2) is 8.95 Å². The summed E-state index contributed by atoms with van der Waals surface area (Å²) in [5.41, 5.74) is 0. The van der Waals surface area contributed by atoms with Crippen molar-refractivity contribution in [1.29, 1.82) is 0 Å². The molecule has 38 valence electrons. The van der Waals surface area contributed by atoms with E-state index >= 15 is 0 Å². The van der Waals surface area contributed by atoms with E-state index in [9.17, 15) is 0 Å². The Hall–Kier alpha value is 0.213. The predicted molar refractivity (Wildman–Crippen MR) is 23.9 cm³/mol. The summed E-state index contributed by atoms with van der Waals surface area (Å²) in [7, 11) is 0. The van der Waals surface area contributed by atoms with Gasteiger partial charge in [0.1, 0.15) is 0 Å². The summed E-state index contributed by atoms with van der Waals surface area (Å²) in [4.78, 5) is 18.1. The average Bonchev–Trinajstić information content (AvgIpc) is 1.41. The fourth-order valence-corrected chi connectivity index (χ4v) is 0.0872. The summed E-state index contributed by atoms with van der Waals surface area (Å²) in [5.74, 6) is 0. The molecule has 0 aromatic heterocycles. The van der Waals surface area contributed by atoms with Gasteiger partial charge in [0, 0.05) is 0 Å². The molecule has 1 unspecified atom stereocenters. The Morgan fingerprint density at radius 1 is 1.17 bits per heavy atom. The summed E-state index contributed by atoms with van der Waals surface area (Å²) < 4.78 is 2.87. The van der Waals surface area contributed by atoms with Crippen molar-refractivity contribution in [3.63, 3.8) is 0 Å². The third-order valence-electron chi connectivity index (χ3n) is 0.0722. The molecule has 0 heterocycles. The SMILES string of the molecule is O=[C]=[RhH]=[C]=O.P. The van der Waals surface area contributed by atoms with Gasteiger partial charge in [0.05, 0.1) is 0 Å². The molecule has 0 amide bonds. The number of carbonyl (C=O) groups excluding carboxylic acids is 2. The Labute approximate surface area is 45.2 Å². The van der Waals surface area contributed by atoms with E-state index in [1.165, 1.54) is 8.95 Å². The van der Waals surface area contributed by atoms with Crippen molar-refractivity contribution in [2.45, 2.75) is 0 Å². The molecule has 0 spiro atoms. The zero-order chi connectivity index (χ0) is 4.12. The maximum Gasteiger partial charge on any atom is -0.153 e. The van der Waals surface area contributed by atoms with Crippen molar-refractivity contribution < 1.29 is 25.8 Å². The Bertz CT molecular complexity index is 104. The van der Waals surface area contributed by atoms with Crippen molar-refractivity contribution >= 4 is 18.8 Å². The molecule has 0 fully saturated rings. The van der Waals surface area contributed by atoms with E-state index in [0.29, 0.717) is 0 Å². The molecule has 0 aromatic carbocycles. The largest absolute Gasteiger partial charge is 0.153 e. The topological polar surface area (TPSA) is 34.1 Å². The fourth-order valence-electron chi connectivity index (χ4n) is 0.0147. The molecule has 0 aliphatic rings. The Kier molecular flexibility index (Phi) is 14.2. The summed E-state index contributed by atoms with van der Waals surface area (Å²) in [6, 6.07) is 0. The Balaban J connectivity index is 0. The van der Waals surface area contributed by atoms with Gasteiger partial charge < -0.3 is 0 Å². The summed E-state index contributed by atoms with van der Waals surface area (Å²) in [6.45, 7) is 0. The minimum Gasteiger partial charge on any atom is -0.153 e. The molecule has 0 radical (unpaired) electrons. The summed E-state index contributed by atoms with van der Waals surface area (Å²) in [5, 5.41) is 0. The van der Waals surface area contributed by atoms with Crippen LogP contribution in [-0.2, 0) is 25.8 Å². The van der Waals surface area contributed by atoms with Crippen molar-refractivity contribution in [3.8, 4) is 0 Å². The van der Waals surface area contributed by atoms with E-state index in [-0.39, 0.29) is 9.90 Å².